The van der Waals surface area contributed by atoms with E-state index in [1.807, 2.05) is 16.7 Å². The minimum Gasteiger partial charge on any atom is -0.462 e. The number of nitrogens with zero attached hydrogens (tertiary/aromatic N) is 1. The van der Waals surface area contributed by atoms with E-state index in [1.54, 1.807) is 26.3 Å². The molecule has 0 amide bonds. The van der Waals surface area contributed by atoms with Gasteiger partial charge in [-0.3, -0.25) is 4.79 Å². The number of carbonyl (C=O) groups is 1. The van der Waals surface area contributed by atoms with Crippen molar-refractivity contribution in [3.8, 4) is 0 Å². The van der Waals surface area contributed by atoms with Crippen LogP contribution in [0.15, 0.2) is 29.2 Å². The molecule has 0 atom stereocenters. The number of hydrogen-bond donors (Lipinski definition) is 0. The van der Waals surface area contributed by atoms with Gasteiger partial charge in [0, 0.05) is 35.4 Å². The number of aromatic nitrogens is 1. The van der Waals surface area contributed by atoms with E-state index in [9.17, 15) is 9.59 Å². The fourth-order valence-corrected chi connectivity index (χ4v) is 2.78. The van der Waals surface area contributed by atoms with E-state index in [-0.39, 0.29) is 17.6 Å². The van der Waals surface area contributed by atoms with Crippen LogP contribution in [0.25, 0.3) is 10.9 Å². The minimum atomic E-state index is -0.575. The molecule has 0 fully saturated rings. The molecule has 2 aromatic rings. The predicted molar refractivity (Wildman–Crippen MR) is 93.4 cm³/mol. The average molecular weight is 415 g/mol. The average Bonchev–Trinajstić information content (AvgIpc) is 2.50. The molecule has 22 heavy (non-hydrogen) atoms. The van der Waals surface area contributed by atoms with Crippen molar-refractivity contribution < 1.29 is 14.3 Å². The molecule has 0 saturated heterocycles. The summed E-state index contributed by atoms with van der Waals surface area (Å²) < 4.78 is 12.9. The third-order valence-corrected chi connectivity index (χ3v) is 3.96. The monoisotopic (exact) mass is 415 g/mol. The molecule has 1 aromatic carbocycles. The molecule has 0 radical (unpaired) electrons. The minimum absolute atomic E-state index is 0.0776. The highest BCUT2D eigenvalue weighted by atomic mass is 127. The van der Waals surface area contributed by atoms with E-state index in [0.717, 1.165) is 15.5 Å². The van der Waals surface area contributed by atoms with Crippen molar-refractivity contribution in [1.29, 1.82) is 0 Å². The second kappa shape index (κ2) is 7.73. The smallest absolute Gasteiger partial charge is 0.343 e. The van der Waals surface area contributed by atoms with Gasteiger partial charge < -0.3 is 14.0 Å². The summed E-state index contributed by atoms with van der Waals surface area (Å²) in [6.07, 6.45) is 2.38. The van der Waals surface area contributed by atoms with Gasteiger partial charge in [-0.1, -0.05) is 0 Å². The molecule has 1 heterocycles. The maximum Gasteiger partial charge on any atom is 0.343 e. The van der Waals surface area contributed by atoms with Gasteiger partial charge in [0.2, 0.25) is 5.43 Å². The number of fused-ring (bicyclic) bond motifs is 1. The van der Waals surface area contributed by atoms with Crippen LogP contribution in [0, 0.1) is 3.57 Å². The number of halogens is 1. The summed E-state index contributed by atoms with van der Waals surface area (Å²) in [5.74, 6) is -0.575. The summed E-state index contributed by atoms with van der Waals surface area (Å²) in [4.78, 5) is 24.6. The van der Waals surface area contributed by atoms with Crippen LogP contribution < -0.4 is 5.43 Å². The lowest BCUT2D eigenvalue weighted by atomic mass is 10.1. The third kappa shape index (κ3) is 3.67. The standard InChI is InChI=1S/C16H18INO4/c1-3-22-16(20)13-10-18(7-4-8-21-2)14-6-5-11(17)9-12(14)15(13)19/h5-6,9-10H,3-4,7-8H2,1-2H3. The number of carbonyl (C=O) groups excluding carboxylic acids is 1. The van der Waals surface area contributed by atoms with E-state index in [2.05, 4.69) is 22.6 Å². The molecule has 0 aliphatic carbocycles. The van der Waals surface area contributed by atoms with Crippen LogP contribution in [0.4, 0.5) is 0 Å². The molecule has 1 aromatic heterocycles. The topological polar surface area (TPSA) is 57.5 Å². The molecular formula is C16H18INO4. The number of esters is 1. The van der Waals surface area contributed by atoms with Gasteiger partial charge in [-0.15, -0.1) is 0 Å². The van der Waals surface area contributed by atoms with Gasteiger partial charge in [0.05, 0.1) is 12.1 Å². The molecule has 5 nitrogen and oxygen atoms in total. The van der Waals surface area contributed by atoms with Crippen molar-refractivity contribution in [3.63, 3.8) is 0 Å². The van der Waals surface area contributed by atoms with Crippen LogP contribution in [0.5, 0.6) is 0 Å². The normalized spacial score (nSPS) is 10.9. The Morgan fingerprint density at radius 3 is 2.82 bits per heavy atom. The number of methoxy groups -OCH3 is 1. The van der Waals surface area contributed by atoms with E-state index >= 15 is 0 Å². The first kappa shape index (κ1) is 17.0. The van der Waals surface area contributed by atoms with Crippen LogP contribution in [0.1, 0.15) is 23.7 Å². The Morgan fingerprint density at radius 1 is 1.36 bits per heavy atom. The molecule has 0 spiro atoms. The van der Waals surface area contributed by atoms with E-state index in [1.165, 1.54) is 0 Å². The third-order valence-electron chi connectivity index (χ3n) is 3.29. The van der Waals surface area contributed by atoms with Crippen molar-refractivity contribution in [1.82, 2.24) is 4.57 Å². The molecule has 118 valence electrons. The largest absolute Gasteiger partial charge is 0.462 e. The Hall–Kier alpha value is -1.41. The highest BCUT2D eigenvalue weighted by Gasteiger charge is 2.16. The Bertz CT molecular complexity index is 739. The Kier molecular flexibility index (Phi) is 5.96. The summed E-state index contributed by atoms with van der Waals surface area (Å²) in [5, 5.41) is 0.537. The lowest BCUT2D eigenvalue weighted by molar-refractivity contribution is 0.0524. The number of ether oxygens (including phenoxy) is 2. The van der Waals surface area contributed by atoms with Crippen molar-refractivity contribution in [2.24, 2.45) is 0 Å². The van der Waals surface area contributed by atoms with Crippen LogP contribution in [-0.4, -0.2) is 30.9 Å². The summed E-state index contributed by atoms with van der Waals surface area (Å²) >= 11 is 2.15. The number of benzene rings is 1. The summed E-state index contributed by atoms with van der Waals surface area (Å²) in [6.45, 7) is 3.25. The van der Waals surface area contributed by atoms with Crippen LogP contribution in [0.2, 0.25) is 0 Å². The molecule has 0 aliphatic heterocycles. The van der Waals surface area contributed by atoms with Gasteiger partial charge in [-0.2, -0.15) is 0 Å². The van der Waals surface area contributed by atoms with Gasteiger partial charge in [0.25, 0.3) is 0 Å². The zero-order valence-corrected chi connectivity index (χ0v) is 14.8. The van der Waals surface area contributed by atoms with Crippen LogP contribution in [-0.2, 0) is 16.0 Å². The molecule has 2 rings (SSSR count). The number of rotatable bonds is 6. The van der Waals surface area contributed by atoms with E-state index < -0.39 is 5.97 Å². The zero-order valence-electron chi connectivity index (χ0n) is 12.6. The van der Waals surface area contributed by atoms with Crippen molar-refractivity contribution in [2.45, 2.75) is 19.9 Å². The number of pyridine rings is 1. The molecule has 0 bridgehead atoms. The first-order chi connectivity index (χ1) is 10.6. The molecule has 6 heteroatoms. The van der Waals surface area contributed by atoms with Gasteiger partial charge >= 0.3 is 5.97 Å². The van der Waals surface area contributed by atoms with Crippen LogP contribution in [0.3, 0.4) is 0 Å². The van der Waals surface area contributed by atoms with Gasteiger partial charge in [-0.25, -0.2) is 4.79 Å². The van der Waals surface area contributed by atoms with E-state index in [0.29, 0.717) is 18.5 Å². The molecule has 0 aliphatic rings. The highest BCUT2D eigenvalue weighted by molar-refractivity contribution is 14.1. The molecule has 0 N–H and O–H groups in total. The fourth-order valence-electron chi connectivity index (χ4n) is 2.29. The quantitative estimate of drug-likeness (QED) is 0.414. The summed E-state index contributed by atoms with van der Waals surface area (Å²) in [5.41, 5.74) is 0.610. The Labute approximate surface area is 142 Å². The number of hydrogen-bond acceptors (Lipinski definition) is 4. The maximum atomic E-state index is 12.5. The van der Waals surface area contributed by atoms with Crippen molar-refractivity contribution in [2.75, 3.05) is 20.3 Å². The van der Waals surface area contributed by atoms with Gasteiger partial charge in [-0.05, 0) is 54.1 Å². The summed E-state index contributed by atoms with van der Waals surface area (Å²) in [6, 6.07) is 5.65. The van der Waals surface area contributed by atoms with Gasteiger partial charge in [0.15, 0.2) is 0 Å². The predicted octanol–water partition coefficient (Wildman–Crippen LogP) is 2.82. The number of aryl methyl sites for hydroxylation is 1. The lowest BCUT2D eigenvalue weighted by Gasteiger charge is -2.13. The second-order valence-corrected chi connectivity index (χ2v) is 6.04. The fraction of sp³-hybridized carbons (Fsp3) is 0.375. The van der Waals surface area contributed by atoms with E-state index in [4.69, 9.17) is 9.47 Å². The second-order valence-electron chi connectivity index (χ2n) is 4.79. The lowest BCUT2D eigenvalue weighted by Crippen LogP contribution is -2.21. The van der Waals surface area contributed by atoms with Gasteiger partial charge in [0.1, 0.15) is 5.56 Å². The first-order valence-corrected chi connectivity index (χ1v) is 8.15. The van der Waals surface area contributed by atoms with Crippen LogP contribution >= 0.6 is 22.6 Å². The van der Waals surface area contributed by atoms with Crippen molar-refractivity contribution in [3.05, 3.63) is 43.8 Å². The molecule has 0 unspecified atom stereocenters. The summed E-state index contributed by atoms with van der Waals surface area (Å²) in [7, 11) is 1.65. The maximum absolute atomic E-state index is 12.5. The SMILES string of the molecule is CCOC(=O)c1cn(CCCOC)c2ccc(I)cc2c1=O. The Balaban J connectivity index is 2.58. The zero-order chi connectivity index (χ0) is 16.1. The first-order valence-electron chi connectivity index (χ1n) is 7.07. The molecule has 0 saturated carbocycles. The van der Waals surface area contributed by atoms with Crippen molar-refractivity contribution >= 4 is 39.5 Å². The molecular weight excluding hydrogens is 397 g/mol. The Morgan fingerprint density at radius 2 is 2.14 bits per heavy atom. The highest BCUT2D eigenvalue weighted by Crippen LogP contribution is 2.16.